The lowest BCUT2D eigenvalue weighted by Gasteiger charge is -2.34. The molecule has 7 heteroatoms. The summed E-state index contributed by atoms with van der Waals surface area (Å²) in [5.74, 6) is 0.629. The van der Waals surface area contributed by atoms with Gasteiger partial charge in [-0.05, 0) is 56.1 Å². The predicted octanol–water partition coefficient (Wildman–Crippen LogP) is 2.05. The summed E-state index contributed by atoms with van der Waals surface area (Å²) in [6.45, 7) is 2.75. The van der Waals surface area contributed by atoms with Crippen LogP contribution in [-0.4, -0.2) is 65.5 Å². The lowest BCUT2D eigenvalue weighted by molar-refractivity contribution is 0.0867. The highest BCUT2D eigenvalue weighted by molar-refractivity contribution is 5.93. The number of rotatable bonds is 8. The molecule has 0 unspecified atom stereocenters. The first kappa shape index (κ1) is 19.4. The fraction of sp³-hybridized carbons (Fsp3) is 0.500. The van der Waals surface area contributed by atoms with Gasteiger partial charge in [-0.15, -0.1) is 0 Å². The quantitative estimate of drug-likeness (QED) is 0.617. The number of carbonyl (C=O) groups excluding carboxylic acids is 1. The van der Waals surface area contributed by atoms with Gasteiger partial charge in [-0.25, -0.2) is 0 Å². The second-order valence-electron chi connectivity index (χ2n) is 6.87. The van der Waals surface area contributed by atoms with Crippen LogP contribution in [-0.2, 0) is 0 Å². The number of nitrogens with zero attached hydrogens (tertiary/aromatic N) is 2. The van der Waals surface area contributed by atoms with Crippen molar-refractivity contribution in [3.63, 3.8) is 0 Å². The van der Waals surface area contributed by atoms with Crippen molar-refractivity contribution in [2.75, 3.05) is 33.4 Å². The number of aromatic amines is 1. The van der Waals surface area contributed by atoms with Crippen molar-refractivity contribution >= 4 is 5.91 Å². The van der Waals surface area contributed by atoms with Gasteiger partial charge in [-0.2, -0.15) is 5.10 Å². The fourth-order valence-electron chi connectivity index (χ4n) is 3.49. The minimum Gasteiger partial charge on any atom is -0.497 e. The Morgan fingerprint density at radius 1 is 1.37 bits per heavy atom. The number of carbonyl (C=O) groups is 1. The average molecular weight is 372 g/mol. The first-order valence-electron chi connectivity index (χ1n) is 9.54. The third kappa shape index (κ3) is 5.08. The Balaban J connectivity index is 1.46. The van der Waals surface area contributed by atoms with Crippen molar-refractivity contribution in [2.45, 2.75) is 31.7 Å². The number of hydrogen-bond donors (Lipinski definition) is 3. The van der Waals surface area contributed by atoms with E-state index in [0.717, 1.165) is 42.9 Å². The van der Waals surface area contributed by atoms with E-state index in [1.165, 1.54) is 12.8 Å². The highest BCUT2D eigenvalue weighted by atomic mass is 16.5. The molecule has 7 nitrogen and oxygen atoms in total. The Bertz CT molecular complexity index is 729. The van der Waals surface area contributed by atoms with Gasteiger partial charge < -0.3 is 15.2 Å². The third-order valence-electron chi connectivity index (χ3n) is 5.08. The monoisotopic (exact) mass is 372 g/mol. The van der Waals surface area contributed by atoms with Gasteiger partial charge >= 0.3 is 0 Å². The van der Waals surface area contributed by atoms with Gasteiger partial charge in [0.25, 0.3) is 5.91 Å². The number of H-pyrrole nitrogens is 1. The van der Waals surface area contributed by atoms with E-state index in [-0.39, 0.29) is 18.6 Å². The molecule has 1 saturated heterocycles. The summed E-state index contributed by atoms with van der Waals surface area (Å²) in [4.78, 5) is 14.6. The van der Waals surface area contributed by atoms with E-state index >= 15 is 0 Å². The Labute approximate surface area is 159 Å². The van der Waals surface area contributed by atoms with Gasteiger partial charge in [0.1, 0.15) is 11.4 Å². The molecule has 1 fully saturated rings. The molecule has 1 amide bonds. The number of methoxy groups -OCH3 is 1. The number of aliphatic hydroxyl groups is 1. The van der Waals surface area contributed by atoms with Gasteiger partial charge in [0.2, 0.25) is 0 Å². The topological polar surface area (TPSA) is 90.5 Å². The maximum atomic E-state index is 12.3. The Kier molecular flexibility index (Phi) is 6.84. The zero-order valence-corrected chi connectivity index (χ0v) is 15.8. The van der Waals surface area contributed by atoms with Crippen molar-refractivity contribution in [1.29, 1.82) is 0 Å². The maximum absolute atomic E-state index is 12.3. The van der Waals surface area contributed by atoms with Crippen LogP contribution in [0.15, 0.2) is 30.3 Å². The normalized spacial score (nSPS) is 17.6. The first-order valence-corrected chi connectivity index (χ1v) is 9.54. The van der Waals surface area contributed by atoms with Crippen LogP contribution in [0.2, 0.25) is 0 Å². The van der Waals surface area contributed by atoms with Crippen molar-refractivity contribution in [1.82, 2.24) is 20.4 Å². The molecule has 0 radical (unpaired) electrons. The molecule has 2 heterocycles. The fourth-order valence-corrected chi connectivity index (χ4v) is 3.49. The minimum absolute atomic E-state index is 0.153. The summed E-state index contributed by atoms with van der Waals surface area (Å²) in [5.41, 5.74) is 2.10. The van der Waals surface area contributed by atoms with E-state index in [1.54, 1.807) is 13.2 Å². The molecule has 0 saturated carbocycles. The second kappa shape index (κ2) is 9.53. The molecule has 1 aromatic carbocycles. The van der Waals surface area contributed by atoms with Gasteiger partial charge in [0, 0.05) is 24.7 Å². The number of aliphatic hydroxyl groups excluding tert-OH is 1. The van der Waals surface area contributed by atoms with Crippen molar-refractivity contribution in [2.24, 2.45) is 0 Å². The SMILES string of the molecule is COc1ccc(-c2cc(C(=O)NCCCN3CCCC[C@H]3CO)[nH]n2)cc1. The van der Waals surface area contributed by atoms with Crippen LogP contribution in [0.25, 0.3) is 11.3 Å². The Hall–Kier alpha value is -2.38. The summed E-state index contributed by atoms with van der Waals surface area (Å²) >= 11 is 0. The van der Waals surface area contributed by atoms with E-state index in [0.29, 0.717) is 12.2 Å². The maximum Gasteiger partial charge on any atom is 0.269 e. The average Bonchev–Trinajstić information content (AvgIpc) is 3.22. The number of amides is 1. The third-order valence-corrected chi connectivity index (χ3v) is 5.08. The van der Waals surface area contributed by atoms with E-state index in [1.807, 2.05) is 24.3 Å². The molecule has 2 aromatic rings. The van der Waals surface area contributed by atoms with Gasteiger partial charge in [-0.1, -0.05) is 6.42 Å². The first-order chi connectivity index (χ1) is 13.2. The summed E-state index contributed by atoms with van der Waals surface area (Å²) in [6.07, 6.45) is 4.30. The molecule has 1 aromatic heterocycles. The molecule has 0 spiro atoms. The molecular weight excluding hydrogens is 344 g/mol. The lowest BCUT2D eigenvalue weighted by Crippen LogP contribution is -2.43. The summed E-state index contributed by atoms with van der Waals surface area (Å²) < 4.78 is 5.15. The van der Waals surface area contributed by atoms with Crippen LogP contribution in [0.3, 0.4) is 0 Å². The van der Waals surface area contributed by atoms with Gasteiger partial charge in [0.15, 0.2) is 0 Å². The zero-order valence-electron chi connectivity index (χ0n) is 15.8. The van der Waals surface area contributed by atoms with Crippen LogP contribution in [0.1, 0.15) is 36.2 Å². The van der Waals surface area contributed by atoms with Crippen LogP contribution in [0.5, 0.6) is 5.75 Å². The van der Waals surface area contributed by atoms with Gasteiger partial charge in [-0.3, -0.25) is 14.8 Å². The molecule has 1 atom stereocenters. The largest absolute Gasteiger partial charge is 0.497 e. The molecule has 1 aliphatic rings. The number of benzene rings is 1. The highest BCUT2D eigenvalue weighted by Crippen LogP contribution is 2.21. The molecule has 3 rings (SSSR count). The molecule has 0 bridgehead atoms. The van der Waals surface area contributed by atoms with Gasteiger partial charge in [0.05, 0.1) is 19.4 Å². The number of piperidine rings is 1. The molecule has 0 aliphatic carbocycles. The lowest BCUT2D eigenvalue weighted by atomic mass is 10.0. The number of likely N-dealkylation sites (tertiary alicyclic amines) is 1. The smallest absolute Gasteiger partial charge is 0.269 e. The number of ether oxygens (including phenoxy) is 1. The van der Waals surface area contributed by atoms with Crippen LogP contribution in [0.4, 0.5) is 0 Å². The van der Waals surface area contributed by atoms with E-state index in [2.05, 4.69) is 20.4 Å². The van der Waals surface area contributed by atoms with Crippen LogP contribution >= 0.6 is 0 Å². The highest BCUT2D eigenvalue weighted by Gasteiger charge is 2.20. The van der Waals surface area contributed by atoms with Crippen LogP contribution in [0, 0.1) is 0 Å². The van der Waals surface area contributed by atoms with E-state index < -0.39 is 0 Å². The van der Waals surface area contributed by atoms with E-state index in [4.69, 9.17) is 4.74 Å². The number of nitrogens with one attached hydrogen (secondary N) is 2. The van der Waals surface area contributed by atoms with Crippen molar-refractivity contribution in [3.8, 4) is 17.0 Å². The summed E-state index contributed by atoms with van der Waals surface area (Å²) in [6, 6.07) is 9.58. The molecular formula is C20H28N4O3. The number of aromatic nitrogens is 2. The zero-order chi connectivity index (χ0) is 19.1. The van der Waals surface area contributed by atoms with Crippen molar-refractivity contribution in [3.05, 3.63) is 36.0 Å². The Morgan fingerprint density at radius 3 is 2.93 bits per heavy atom. The summed E-state index contributed by atoms with van der Waals surface area (Å²) in [5, 5.41) is 19.4. The second-order valence-corrected chi connectivity index (χ2v) is 6.87. The van der Waals surface area contributed by atoms with E-state index in [9.17, 15) is 9.90 Å². The Morgan fingerprint density at radius 2 is 2.19 bits per heavy atom. The molecule has 146 valence electrons. The van der Waals surface area contributed by atoms with Crippen molar-refractivity contribution < 1.29 is 14.6 Å². The standard InChI is InChI=1S/C20H28N4O3/c1-27-17-8-6-15(7-9-17)18-13-19(23-22-18)20(26)21-10-4-12-24-11-3-2-5-16(24)14-25/h6-9,13,16,25H,2-5,10-12,14H2,1H3,(H,21,26)(H,22,23)/t16-/m0/s1. The number of hydrogen-bond acceptors (Lipinski definition) is 5. The molecule has 1 aliphatic heterocycles. The molecule has 3 N–H and O–H groups in total. The summed E-state index contributed by atoms with van der Waals surface area (Å²) in [7, 11) is 1.63. The molecule has 27 heavy (non-hydrogen) atoms. The van der Waals surface area contributed by atoms with Crippen LogP contribution < -0.4 is 10.1 Å². The predicted molar refractivity (Wildman–Crippen MR) is 104 cm³/mol. The minimum atomic E-state index is -0.153.